The predicted octanol–water partition coefficient (Wildman–Crippen LogP) is 2.61. The van der Waals surface area contributed by atoms with Gasteiger partial charge in [-0.25, -0.2) is 17.2 Å². The van der Waals surface area contributed by atoms with E-state index in [1.54, 1.807) is 32.9 Å². The molecule has 0 saturated heterocycles. The number of hydrogen-bond acceptors (Lipinski definition) is 7. The molecule has 3 aromatic rings. The van der Waals surface area contributed by atoms with Crippen LogP contribution in [0.25, 0.3) is 0 Å². The Balaban J connectivity index is 1.78. The first-order valence-electron chi connectivity index (χ1n) is 11.0. The molecule has 0 radical (unpaired) electrons. The molecule has 2 heterocycles. The third-order valence-electron chi connectivity index (χ3n) is 5.53. The van der Waals surface area contributed by atoms with Gasteiger partial charge >= 0.3 is 6.09 Å². The summed E-state index contributed by atoms with van der Waals surface area (Å²) >= 11 is 0. The molecule has 0 aliphatic heterocycles. The summed E-state index contributed by atoms with van der Waals surface area (Å²) in [5.74, 6) is -1.11. The van der Waals surface area contributed by atoms with Crippen LogP contribution in [0.3, 0.4) is 0 Å². The highest BCUT2D eigenvalue weighted by atomic mass is 32.2. The number of benzene rings is 1. The predicted molar refractivity (Wildman–Crippen MR) is 126 cm³/mol. The summed E-state index contributed by atoms with van der Waals surface area (Å²) in [4.78, 5) is 38.8. The van der Waals surface area contributed by atoms with Crippen LogP contribution in [0.2, 0.25) is 0 Å². The third-order valence-corrected chi connectivity index (χ3v) is 7.21. The highest BCUT2D eigenvalue weighted by Crippen LogP contribution is 2.33. The second kappa shape index (κ2) is 8.49. The van der Waals surface area contributed by atoms with Crippen LogP contribution < -0.4 is 5.32 Å². The number of carbonyl (C=O) groups is 3. The molecule has 0 bridgehead atoms. The molecule has 0 spiro atoms. The molecule has 184 valence electrons. The first-order chi connectivity index (χ1) is 16.3. The van der Waals surface area contributed by atoms with Gasteiger partial charge in [0.1, 0.15) is 17.0 Å². The van der Waals surface area contributed by atoms with E-state index < -0.39 is 33.3 Å². The quantitative estimate of drug-likeness (QED) is 0.448. The Morgan fingerprint density at radius 3 is 2.37 bits per heavy atom. The van der Waals surface area contributed by atoms with Crippen LogP contribution in [-0.4, -0.2) is 52.0 Å². The minimum absolute atomic E-state index is 0.00262. The maximum absolute atomic E-state index is 13.5. The van der Waals surface area contributed by atoms with Crippen molar-refractivity contribution in [3.63, 3.8) is 0 Å². The van der Waals surface area contributed by atoms with E-state index in [9.17, 15) is 22.8 Å². The van der Waals surface area contributed by atoms with Gasteiger partial charge in [0.25, 0.3) is 10.0 Å². The average molecular weight is 499 g/mol. The van der Waals surface area contributed by atoms with Crippen LogP contribution in [-0.2, 0) is 28.2 Å². The van der Waals surface area contributed by atoms with E-state index in [0.29, 0.717) is 5.56 Å². The van der Waals surface area contributed by atoms with Gasteiger partial charge in [0.05, 0.1) is 22.2 Å². The van der Waals surface area contributed by atoms with Gasteiger partial charge in [0, 0.05) is 19.8 Å². The van der Waals surface area contributed by atoms with Crippen molar-refractivity contribution in [2.75, 3.05) is 6.54 Å². The molecule has 4 rings (SSSR count). The standard InChI is InChI=1S/C24H26N4O6S/c1-14-6-8-16(9-7-14)35(32,33)28-13-15(10-11-25-23(31)34-24(2,3)4)18-20(28)22(30)19-17(21(18)29)12-26-27(19)5/h6-9,12-13H,10-11H2,1-5H3,(H,25,31). The SMILES string of the molecule is Cc1ccc(S(=O)(=O)n2cc(CCNC(=O)OC(C)(C)C)c3c2C(=O)c2c(cnn2C)C3=O)cc1. The number of carbonyl (C=O) groups excluding carboxylic acids is 3. The molecule has 1 amide bonds. The highest BCUT2D eigenvalue weighted by molar-refractivity contribution is 7.90. The van der Waals surface area contributed by atoms with Gasteiger partial charge in [-0.2, -0.15) is 5.10 Å². The Labute approximate surface area is 202 Å². The molecule has 0 unspecified atom stereocenters. The molecular weight excluding hydrogens is 472 g/mol. The van der Waals surface area contributed by atoms with E-state index in [2.05, 4.69) is 10.4 Å². The number of amides is 1. The van der Waals surface area contributed by atoms with Crippen molar-refractivity contribution < 1.29 is 27.5 Å². The van der Waals surface area contributed by atoms with Crippen LogP contribution >= 0.6 is 0 Å². The molecule has 10 nitrogen and oxygen atoms in total. The van der Waals surface area contributed by atoms with Crippen molar-refractivity contribution in [3.8, 4) is 0 Å². The monoisotopic (exact) mass is 498 g/mol. The van der Waals surface area contributed by atoms with Crippen LogP contribution in [0.1, 0.15) is 64.0 Å². The van der Waals surface area contributed by atoms with Crippen molar-refractivity contribution in [2.45, 2.75) is 44.6 Å². The van der Waals surface area contributed by atoms with Crippen LogP contribution in [0, 0.1) is 6.92 Å². The van der Waals surface area contributed by atoms with E-state index in [1.807, 2.05) is 6.92 Å². The first-order valence-corrected chi connectivity index (χ1v) is 12.4. The topological polar surface area (TPSA) is 129 Å². The van der Waals surface area contributed by atoms with E-state index >= 15 is 0 Å². The third kappa shape index (κ3) is 4.39. The smallest absolute Gasteiger partial charge is 0.407 e. The number of aryl methyl sites for hydroxylation is 2. The number of fused-ring (bicyclic) bond motifs is 2. The number of ketones is 2. The Hall–Kier alpha value is -3.73. The Bertz CT molecular complexity index is 1460. The summed E-state index contributed by atoms with van der Waals surface area (Å²) in [7, 11) is -2.68. The zero-order chi connectivity index (χ0) is 25.7. The van der Waals surface area contributed by atoms with Crippen molar-refractivity contribution in [1.82, 2.24) is 19.1 Å². The summed E-state index contributed by atoms with van der Waals surface area (Å²) in [5, 5.41) is 6.61. The number of hydrogen-bond donors (Lipinski definition) is 1. The minimum atomic E-state index is -4.19. The molecule has 0 fully saturated rings. The van der Waals surface area contributed by atoms with Gasteiger partial charge in [-0.1, -0.05) is 17.7 Å². The highest BCUT2D eigenvalue weighted by Gasteiger charge is 2.40. The van der Waals surface area contributed by atoms with Crippen molar-refractivity contribution in [1.29, 1.82) is 0 Å². The number of ether oxygens (including phenoxy) is 1. The number of nitrogens with one attached hydrogen (secondary N) is 1. The Morgan fingerprint density at radius 1 is 1.09 bits per heavy atom. The Kier molecular flexibility index (Phi) is 5.92. The van der Waals surface area contributed by atoms with Crippen LogP contribution in [0.4, 0.5) is 4.79 Å². The van der Waals surface area contributed by atoms with Gasteiger partial charge in [-0.15, -0.1) is 0 Å². The zero-order valence-corrected chi connectivity index (χ0v) is 20.9. The van der Waals surface area contributed by atoms with Crippen molar-refractivity contribution in [3.05, 3.63) is 70.3 Å². The van der Waals surface area contributed by atoms with E-state index in [4.69, 9.17) is 4.74 Å². The van der Waals surface area contributed by atoms with Gasteiger partial charge in [0.15, 0.2) is 5.78 Å². The summed E-state index contributed by atoms with van der Waals surface area (Å²) in [6.45, 7) is 7.09. The van der Waals surface area contributed by atoms with E-state index in [-0.39, 0.29) is 40.4 Å². The number of aromatic nitrogens is 3. The minimum Gasteiger partial charge on any atom is -0.444 e. The lowest BCUT2D eigenvalue weighted by Gasteiger charge is -2.19. The lowest BCUT2D eigenvalue weighted by Crippen LogP contribution is -2.33. The van der Waals surface area contributed by atoms with Gasteiger partial charge < -0.3 is 10.1 Å². The summed E-state index contributed by atoms with van der Waals surface area (Å²) in [6.07, 6.45) is 2.04. The zero-order valence-electron chi connectivity index (χ0n) is 20.1. The molecule has 1 aromatic carbocycles. The van der Waals surface area contributed by atoms with Gasteiger partial charge in [-0.05, 0) is 51.8 Å². The number of nitrogens with zero attached hydrogens (tertiary/aromatic N) is 3. The lowest BCUT2D eigenvalue weighted by atomic mass is 9.90. The fourth-order valence-electron chi connectivity index (χ4n) is 3.94. The molecule has 0 saturated carbocycles. The second-order valence-corrected chi connectivity index (χ2v) is 11.2. The molecule has 11 heteroatoms. The molecule has 1 aliphatic rings. The van der Waals surface area contributed by atoms with E-state index in [0.717, 1.165) is 9.54 Å². The first kappa shape index (κ1) is 24.4. The second-order valence-electron chi connectivity index (χ2n) is 9.36. The van der Waals surface area contributed by atoms with Crippen molar-refractivity contribution in [2.24, 2.45) is 7.05 Å². The van der Waals surface area contributed by atoms with Crippen molar-refractivity contribution >= 4 is 27.7 Å². The fourth-order valence-corrected chi connectivity index (χ4v) is 5.32. The van der Waals surface area contributed by atoms with Gasteiger partial charge in [-0.3, -0.25) is 14.3 Å². The van der Waals surface area contributed by atoms with Crippen LogP contribution in [0.5, 0.6) is 0 Å². The average Bonchev–Trinajstić information content (AvgIpc) is 3.33. The van der Waals surface area contributed by atoms with Crippen LogP contribution in [0.15, 0.2) is 41.6 Å². The maximum atomic E-state index is 13.5. The Morgan fingerprint density at radius 2 is 1.74 bits per heavy atom. The molecule has 1 aliphatic carbocycles. The summed E-state index contributed by atoms with van der Waals surface area (Å²) in [5.41, 5.74) is 0.401. The molecular formula is C24H26N4O6S. The summed E-state index contributed by atoms with van der Waals surface area (Å²) in [6, 6.07) is 6.21. The van der Waals surface area contributed by atoms with Gasteiger partial charge in [0.2, 0.25) is 5.78 Å². The lowest BCUT2D eigenvalue weighted by molar-refractivity contribution is 0.0528. The number of alkyl carbamates (subject to hydrolysis) is 1. The molecule has 0 atom stereocenters. The molecule has 2 aromatic heterocycles. The normalized spacial score (nSPS) is 13.4. The summed E-state index contributed by atoms with van der Waals surface area (Å²) < 4.78 is 34.4. The number of rotatable bonds is 5. The molecule has 1 N–H and O–H groups in total. The molecule has 35 heavy (non-hydrogen) atoms. The van der Waals surface area contributed by atoms with E-state index in [1.165, 1.54) is 36.3 Å². The maximum Gasteiger partial charge on any atom is 0.407 e. The largest absolute Gasteiger partial charge is 0.444 e. The fraction of sp³-hybridized carbons (Fsp3) is 0.333.